The summed E-state index contributed by atoms with van der Waals surface area (Å²) in [4.78, 5) is 23.7. The van der Waals surface area contributed by atoms with E-state index in [1.165, 1.54) is 12.2 Å². The number of benzene rings is 1. The summed E-state index contributed by atoms with van der Waals surface area (Å²) in [7, 11) is 0. The zero-order valence-corrected chi connectivity index (χ0v) is 12.7. The second-order valence-electron chi connectivity index (χ2n) is 4.87. The quantitative estimate of drug-likeness (QED) is 0.332. The van der Waals surface area contributed by atoms with Crippen molar-refractivity contribution in [3.05, 3.63) is 60.4 Å². The van der Waals surface area contributed by atoms with E-state index in [4.69, 9.17) is 11.5 Å². The highest BCUT2D eigenvalue weighted by Crippen LogP contribution is 1.98. The first kappa shape index (κ1) is 18.4. The van der Waals surface area contributed by atoms with Crippen molar-refractivity contribution in [2.45, 2.75) is 18.6 Å². The predicted octanol–water partition coefficient (Wildman–Crippen LogP) is -0.298. The lowest BCUT2D eigenvalue weighted by atomic mass is 10.1. The molecule has 0 saturated carbocycles. The second-order valence-corrected chi connectivity index (χ2v) is 4.87. The molecule has 23 heavy (non-hydrogen) atoms. The lowest BCUT2D eigenvalue weighted by Crippen LogP contribution is -2.58. The Bertz CT molecular complexity index is 572. The fourth-order valence-corrected chi connectivity index (χ4v) is 1.72. The van der Waals surface area contributed by atoms with Crippen molar-refractivity contribution in [1.29, 1.82) is 0 Å². The summed E-state index contributed by atoms with van der Waals surface area (Å²) in [5.74, 6) is -1.23. The molecule has 124 valence electrons. The van der Waals surface area contributed by atoms with E-state index in [1.807, 2.05) is 30.3 Å². The molecule has 0 saturated heterocycles. The van der Waals surface area contributed by atoms with Crippen LogP contribution in [0.4, 0.5) is 0 Å². The van der Waals surface area contributed by atoms with Crippen LogP contribution in [0.15, 0.2) is 54.8 Å². The zero-order valence-electron chi connectivity index (χ0n) is 12.7. The predicted molar refractivity (Wildman–Crippen MR) is 88.2 cm³/mol. The molecule has 1 rings (SSSR count). The van der Waals surface area contributed by atoms with Crippen LogP contribution in [0.25, 0.3) is 0 Å². The number of nitrogens with one attached hydrogen (secondary N) is 2. The van der Waals surface area contributed by atoms with Crippen molar-refractivity contribution < 1.29 is 14.7 Å². The monoisotopic (exact) mass is 318 g/mol. The fraction of sp³-hybridized carbons (Fsp3) is 0.250. The van der Waals surface area contributed by atoms with Crippen LogP contribution in [-0.2, 0) is 16.1 Å². The third-order valence-corrected chi connectivity index (χ3v) is 3.06. The molecule has 7 N–H and O–H groups in total. The van der Waals surface area contributed by atoms with Gasteiger partial charge in [-0.3, -0.25) is 9.59 Å². The van der Waals surface area contributed by atoms with Crippen molar-refractivity contribution in [3.8, 4) is 0 Å². The fourth-order valence-electron chi connectivity index (χ4n) is 1.72. The van der Waals surface area contributed by atoms with E-state index in [2.05, 4.69) is 17.2 Å². The van der Waals surface area contributed by atoms with Gasteiger partial charge in [-0.15, -0.1) is 0 Å². The number of rotatable bonds is 8. The summed E-state index contributed by atoms with van der Waals surface area (Å²) in [5, 5.41) is 14.4. The molecule has 7 heteroatoms. The number of hydrogen-bond acceptors (Lipinski definition) is 5. The summed E-state index contributed by atoms with van der Waals surface area (Å²) in [6.45, 7) is 3.60. The molecule has 0 fully saturated rings. The number of nitrogens with two attached hydrogens (primary N) is 2. The number of aliphatic hydroxyl groups excluding tert-OH is 1. The van der Waals surface area contributed by atoms with Crippen molar-refractivity contribution in [1.82, 2.24) is 10.6 Å². The molecule has 0 aromatic heterocycles. The molecule has 0 bridgehead atoms. The smallest absolute Gasteiger partial charge is 0.239 e. The van der Waals surface area contributed by atoms with Gasteiger partial charge in [-0.2, -0.15) is 0 Å². The molecule has 0 aliphatic heterocycles. The number of hydrogen-bond donors (Lipinski definition) is 5. The first-order valence-electron chi connectivity index (χ1n) is 7.06. The maximum atomic E-state index is 11.9. The Balaban J connectivity index is 2.46. The Kier molecular flexibility index (Phi) is 7.52. The lowest BCUT2D eigenvalue weighted by Gasteiger charge is -2.19. The van der Waals surface area contributed by atoms with E-state index in [0.29, 0.717) is 6.54 Å². The highest BCUT2D eigenvalue weighted by Gasteiger charge is 2.27. The van der Waals surface area contributed by atoms with Gasteiger partial charge in [0.1, 0.15) is 17.8 Å². The summed E-state index contributed by atoms with van der Waals surface area (Å²) >= 11 is 0. The van der Waals surface area contributed by atoms with Crippen LogP contribution < -0.4 is 22.1 Å². The minimum atomic E-state index is -1.22. The molecule has 0 heterocycles. The van der Waals surface area contributed by atoms with Crippen LogP contribution >= 0.6 is 0 Å². The first-order chi connectivity index (χ1) is 11.0. The van der Waals surface area contributed by atoms with Gasteiger partial charge in [0.15, 0.2) is 0 Å². The van der Waals surface area contributed by atoms with Gasteiger partial charge in [0.05, 0.1) is 6.54 Å². The Morgan fingerprint density at radius 2 is 1.70 bits per heavy atom. The SMILES string of the molecule is C=C/C=C(\O)CNC(=O)C(N)C(N)C(=O)NCc1ccccc1. The van der Waals surface area contributed by atoms with Gasteiger partial charge < -0.3 is 27.2 Å². The van der Waals surface area contributed by atoms with Gasteiger partial charge in [0.2, 0.25) is 11.8 Å². The van der Waals surface area contributed by atoms with Gasteiger partial charge in [-0.1, -0.05) is 43.0 Å². The summed E-state index contributed by atoms with van der Waals surface area (Å²) < 4.78 is 0. The summed E-state index contributed by atoms with van der Waals surface area (Å²) in [6.07, 6.45) is 2.71. The Morgan fingerprint density at radius 3 is 2.26 bits per heavy atom. The maximum Gasteiger partial charge on any atom is 0.239 e. The van der Waals surface area contributed by atoms with Crippen LogP contribution in [0.2, 0.25) is 0 Å². The highest BCUT2D eigenvalue weighted by atomic mass is 16.3. The zero-order chi connectivity index (χ0) is 17.2. The van der Waals surface area contributed by atoms with Gasteiger partial charge >= 0.3 is 0 Å². The van der Waals surface area contributed by atoms with E-state index < -0.39 is 23.9 Å². The summed E-state index contributed by atoms with van der Waals surface area (Å²) in [5.41, 5.74) is 12.3. The van der Waals surface area contributed by atoms with Gasteiger partial charge in [0.25, 0.3) is 0 Å². The largest absolute Gasteiger partial charge is 0.510 e. The van der Waals surface area contributed by atoms with Crippen LogP contribution in [0, 0.1) is 0 Å². The third kappa shape index (κ3) is 6.33. The van der Waals surface area contributed by atoms with E-state index in [-0.39, 0.29) is 12.3 Å². The first-order valence-corrected chi connectivity index (χ1v) is 7.06. The average molecular weight is 318 g/mol. The molecule has 0 aliphatic carbocycles. The number of amides is 2. The number of carbonyl (C=O) groups is 2. The molecule has 0 aliphatic rings. The Morgan fingerprint density at radius 1 is 1.13 bits per heavy atom. The third-order valence-electron chi connectivity index (χ3n) is 3.06. The van der Waals surface area contributed by atoms with E-state index in [9.17, 15) is 14.7 Å². The number of aliphatic hydroxyl groups is 1. The molecule has 1 aromatic carbocycles. The van der Waals surface area contributed by atoms with Crippen LogP contribution in [0.3, 0.4) is 0 Å². The average Bonchev–Trinajstić information content (AvgIpc) is 2.57. The van der Waals surface area contributed by atoms with E-state index in [0.717, 1.165) is 5.56 Å². The minimum Gasteiger partial charge on any atom is -0.510 e. The molecule has 1 aromatic rings. The topological polar surface area (TPSA) is 130 Å². The van der Waals surface area contributed by atoms with Gasteiger partial charge in [-0.25, -0.2) is 0 Å². The van der Waals surface area contributed by atoms with E-state index >= 15 is 0 Å². The maximum absolute atomic E-state index is 11.9. The van der Waals surface area contributed by atoms with Gasteiger partial charge in [-0.05, 0) is 11.6 Å². The lowest BCUT2D eigenvalue weighted by molar-refractivity contribution is -0.128. The molecule has 2 amide bonds. The molecule has 7 nitrogen and oxygen atoms in total. The second kappa shape index (κ2) is 9.39. The minimum absolute atomic E-state index is 0.0809. The van der Waals surface area contributed by atoms with Crippen molar-refractivity contribution >= 4 is 11.8 Å². The molecular formula is C16H22N4O3. The van der Waals surface area contributed by atoms with E-state index in [1.54, 1.807) is 0 Å². The van der Waals surface area contributed by atoms with Crippen LogP contribution in [0.5, 0.6) is 0 Å². The number of allylic oxidation sites excluding steroid dienone is 2. The Hall–Kier alpha value is -2.64. The Labute approximate surface area is 135 Å². The molecule has 0 radical (unpaired) electrons. The van der Waals surface area contributed by atoms with Gasteiger partial charge in [0, 0.05) is 6.54 Å². The normalized spacial score (nSPS) is 13.7. The summed E-state index contributed by atoms with van der Waals surface area (Å²) in [6, 6.07) is 6.87. The molecule has 2 atom stereocenters. The van der Waals surface area contributed by atoms with Crippen molar-refractivity contribution in [2.75, 3.05) is 6.54 Å². The standard InChI is InChI=1S/C16H22N4O3/c1-2-6-12(21)10-20-16(23)14(18)13(17)15(22)19-9-11-7-4-3-5-8-11/h2-8,13-14,21H,1,9-10,17-18H2,(H,19,22)(H,20,23)/b12-6-. The molecule has 2 unspecified atom stereocenters. The molecular weight excluding hydrogens is 296 g/mol. The number of carbonyl (C=O) groups excluding carboxylic acids is 2. The van der Waals surface area contributed by atoms with Crippen molar-refractivity contribution in [2.24, 2.45) is 11.5 Å². The van der Waals surface area contributed by atoms with Crippen LogP contribution in [-0.4, -0.2) is 35.5 Å². The van der Waals surface area contributed by atoms with Crippen LogP contribution in [0.1, 0.15) is 5.56 Å². The molecule has 0 spiro atoms. The van der Waals surface area contributed by atoms with Crippen molar-refractivity contribution in [3.63, 3.8) is 0 Å². The highest BCUT2D eigenvalue weighted by molar-refractivity contribution is 5.92.